The highest BCUT2D eigenvalue weighted by Crippen LogP contribution is 2.12. The van der Waals surface area contributed by atoms with Gasteiger partial charge in [-0.15, -0.1) is 0 Å². The van der Waals surface area contributed by atoms with E-state index in [-0.39, 0.29) is 31.0 Å². The molecule has 0 heterocycles. The predicted octanol–water partition coefficient (Wildman–Crippen LogP) is 1.31. The second-order valence-corrected chi connectivity index (χ2v) is 9.16. The zero-order valence-electron chi connectivity index (χ0n) is 13.3. The van der Waals surface area contributed by atoms with Crippen molar-refractivity contribution in [1.82, 2.24) is 9.03 Å². The van der Waals surface area contributed by atoms with Crippen molar-refractivity contribution in [3.63, 3.8) is 0 Å². The predicted molar refractivity (Wildman–Crippen MR) is 88.4 cm³/mol. The van der Waals surface area contributed by atoms with Crippen molar-refractivity contribution in [1.29, 1.82) is 0 Å². The van der Waals surface area contributed by atoms with Crippen molar-refractivity contribution in [2.24, 2.45) is 0 Å². The van der Waals surface area contributed by atoms with E-state index in [1.165, 1.54) is 18.2 Å². The first-order valence-electron chi connectivity index (χ1n) is 7.31. The average Bonchev–Trinajstić information content (AvgIpc) is 2.45. The van der Waals surface area contributed by atoms with Gasteiger partial charge in [-0.2, -0.15) is 4.31 Å². The summed E-state index contributed by atoms with van der Waals surface area (Å²) in [5.74, 6) is -0.486. The Hall–Kier alpha value is -1.03. The van der Waals surface area contributed by atoms with Gasteiger partial charge in [0.25, 0.3) is 0 Å². The molecule has 0 bridgehead atoms. The largest absolute Gasteiger partial charge is 0.214 e. The quantitative estimate of drug-likeness (QED) is 0.677. The topological polar surface area (TPSA) is 83.6 Å². The van der Waals surface area contributed by atoms with Crippen molar-refractivity contribution < 1.29 is 21.2 Å². The molecule has 1 aromatic carbocycles. The minimum atomic E-state index is -3.58. The molecule has 6 nitrogen and oxygen atoms in total. The molecule has 1 aromatic rings. The molecule has 0 atom stereocenters. The molecule has 0 amide bonds. The van der Waals surface area contributed by atoms with E-state index in [9.17, 15) is 21.2 Å². The lowest BCUT2D eigenvalue weighted by Crippen LogP contribution is -2.38. The molecule has 23 heavy (non-hydrogen) atoms. The molecule has 0 spiro atoms. The van der Waals surface area contributed by atoms with Crippen LogP contribution in [0.3, 0.4) is 0 Å². The summed E-state index contributed by atoms with van der Waals surface area (Å²) in [6, 6.07) is 5.89. The number of benzene rings is 1. The Balaban J connectivity index is 2.69. The van der Waals surface area contributed by atoms with Gasteiger partial charge in [0.05, 0.1) is 12.0 Å². The van der Waals surface area contributed by atoms with E-state index in [0.717, 1.165) is 17.0 Å². The van der Waals surface area contributed by atoms with Gasteiger partial charge in [-0.1, -0.05) is 31.5 Å². The van der Waals surface area contributed by atoms with Crippen LogP contribution in [0.4, 0.5) is 4.39 Å². The van der Waals surface area contributed by atoms with E-state index in [4.69, 9.17) is 0 Å². The number of halogens is 1. The summed E-state index contributed by atoms with van der Waals surface area (Å²) < 4.78 is 64.1. The van der Waals surface area contributed by atoms with Crippen LogP contribution in [0.5, 0.6) is 0 Å². The van der Waals surface area contributed by atoms with Crippen molar-refractivity contribution in [3.05, 3.63) is 35.6 Å². The van der Waals surface area contributed by atoms with Crippen molar-refractivity contribution in [2.75, 3.05) is 25.1 Å². The second-order valence-electron chi connectivity index (χ2n) is 5.25. The number of nitrogens with zero attached hydrogens (tertiary/aromatic N) is 1. The van der Waals surface area contributed by atoms with E-state index in [1.807, 2.05) is 6.92 Å². The Morgan fingerprint density at radius 1 is 1.17 bits per heavy atom. The van der Waals surface area contributed by atoms with Crippen LogP contribution in [0, 0.1) is 5.82 Å². The third-order valence-corrected chi connectivity index (χ3v) is 5.94. The molecule has 9 heteroatoms. The van der Waals surface area contributed by atoms with Crippen LogP contribution in [-0.4, -0.2) is 46.2 Å². The maximum absolute atomic E-state index is 13.7. The minimum Gasteiger partial charge on any atom is -0.214 e. The summed E-state index contributed by atoms with van der Waals surface area (Å²) in [7, 11) is -6.99. The van der Waals surface area contributed by atoms with Gasteiger partial charge in [0.1, 0.15) is 5.82 Å². The second kappa shape index (κ2) is 8.72. The molecule has 1 rings (SSSR count). The van der Waals surface area contributed by atoms with E-state index in [1.54, 1.807) is 6.07 Å². The van der Waals surface area contributed by atoms with E-state index >= 15 is 0 Å². The number of hydrogen-bond acceptors (Lipinski definition) is 4. The van der Waals surface area contributed by atoms with Gasteiger partial charge in [0, 0.05) is 25.2 Å². The molecular formula is C14H23FN2O4S2. The molecule has 0 saturated carbocycles. The van der Waals surface area contributed by atoms with E-state index < -0.39 is 25.9 Å². The third-order valence-electron chi connectivity index (χ3n) is 3.22. The maximum atomic E-state index is 13.7. The summed E-state index contributed by atoms with van der Waals surface area (Å²) in [5.41, 5.74) is 0.242. The number of unbranched alkanes of at least 4 members (excludes halogenated alkanes) is 1. The van der Waals surface area contributed by atoms with Gasteiger partial charge in [0.2, 0.25) is 20.0 Å². The maximum Gasteiger partial charge on any atom is 0.211 e. The van der Waals surface area contributed by atoms with Crippen LogP contribution in [0.2, 0.25) is 0 Å². The Bertz CT molecular complexity index is 705. The summed E-state index contributed by atoms with van der Waals surface area (Å²) in [6.07, 6.45) is 2.31. The first kappa shape index (κ1) is 20.0. The van der Waals surface area contributed by atoms with Gasteiger partial charge in [-0.25, -0.2) is 25.9 Å². The van der Waals surface area contributed by atoms with Crippen LogP contribution in [-0.2, 0) is 26.6 Å². The van der Waals surface area contributed by atoms with Crippen LogP contribution in [0.1, 0.15) is 25.3 Å². The normalized spacial score (nSPS) is 12.7. The minimum absolute atomic E-state index is 0.00961. The monoisotopic (exact) mass is 366 g/mol. The zero-order chi connectivity index (χ0) is 17.5. The van der Waals surface area contributed by atoms with Gasteiger partial charge in [-0.3, -0.25) is 0 Å². The third kappa shape index (κ3) is 7.38. The smallest absolute Gasteiger partial charge is 0.211 e. The fourth-order valence-electron chi connectivity index (χ4n) is 1.91. The Labute approximate surface area is 137 Å². The van der Waals surface area contributed by atoms with Gasteiger partial charge < -0.3 is 0 Å². The van der Waals surface area contributed by atoms with Crippen molar-refractivity contribution in [2.45, 2.75) is 26.3 Å². The molecule has 0 unspecified atom stereocenters. The molecule has 0 aliphatic rings. The molecule has 0 radical (unpaired) electrons. The molecule has 0 aliphatic carbocycles. The van der Waals surface area contributed by atoms with Gasteiger partial charge in [0.15, 0.2) is 0 Å². The van der Waals surface area contributed by atoms with Gasteiger partial charge >= 0.3 is 0 Å². The van der Waals surface area contributed by atoms with Crippen molar-refractivity contribution >= 4 is 20.0 Å². The van der Waals surface area contributed by atoms with Gasteiger partial charge in [-0.05, 0) is 12.5 Å². The van der Waals surface area contributed by atoms with Crippen LogP contribution in [0.15, 0.2) is 24.3 Å². The molecular weight excluding hydrogens is 343 g/mol. The molecule has 1 N–H and O–H groups in total. The van der Waals surface area contributed by atoms with Crippen LogP contribution in [0.25, 0.3) is 0 Å². The highest BCUT2D eigenvalue weighted by atomic mass is 32.2. The van der Waals surface area contributed by atoms with E-state index in [2.05, 4.69) is 4.72 Å². The molecule has 0 fully saturated rings. The molecule has 0 aliphatic heterocycles. The fourth-order valence-corrected chi connectivity index (χ4v) is 3.92. The summed E-state index contributed by atoms with van der Waals surface area (Å²) in [5, 5.41) is 0. The lowest BCUT2D eigenvalue weighted by atomic mass is 10.2. The van der Waals surface area contributed by atoms with Crippen LogP contribution < -0.4 is 4.72 Å². The Kier molecular flexibility index (Phi) is 7.59. The zero-order valence-corrected chi connectivity index (χ0v) is 15.0. The first-order chi connectivity index (χ1) is 10.7. The lowest BCUT2D eigenvalue weighted by Gasteiger charge is -2.20. The van der Waals surface area contributed by atoms with Crippen LogP contribution >= 0.6 is 0 Å². The number of sulfonamides is 2. The number of rotatable bonds is 10. The van der Waals surface area contributed by atoms with E-state index in [0.29, 0.717) is 6.42 Å². The summed E-state index contributed by atoms with van der Waals surface area (Å²) >= 11 is 0. The van der Waals surface area contributed by atoms with Crippen molar-refractivity contribution in [3.8, 4) is 0 Å². The average molecular weight is 366 g/mol. The number of nitrogens with one attached hydrogen (secondary N) is 1. The number of hydrogen-bond donors (Lipinski definition) is 1. The lowest BCUT2D eigenvalue weighted by molar-refractivity contribution is 0.404. The first-order valence-corrected chi connectivity index (χ1v) is 10.8. The Morgan fingerprint density at radius 2 is 1.83 bits per heavy atom. The molecule has 0 aromatic heterocycles. The summed E-state index contributed by atoms with van der Waals surface area (Å²) in [4.78, 5) is 0. The standard InChI is InChI=1S/C14H23FN2O4S2/c1-3-4-11-23(20,21)16-9-10-17(22(2,18)19)12-13-7-5-6-8-14(13)15/h5-8,16H,3-4,9-12H2,1-2H3. The molecule has 0 saturated heterocycles. The highest BCUT2D eigenvalue weighted by molar-refractivity contribution is 7.89. The highest BCUT2D eigenvalue weighted by Gasteiger charge is 2.19. The Morgan fingerprint density at radius 3 is 2.39 bits per heavy atom. The SMILES string of the molecule is CCCCS(=O)(=O)NCCN(Cc1ccccc1F)S(C)(=O)=O. The fraction of sp³-hybridized carbons (Fsp3) is 0.571. The summed E-state index contributed by atoms with van der Waals surface area (Å²) in [6.45, 7) is 1.64. The molecule has 132 valence electrons.